The molecule has 88 valence electrons. The van der Waals surface area contributed by atoms with Crippen molar-refractivity contribution in [1.82, 2.24) is 5.01 Å². The fraction of sp³-hybridized carbons (Fsp3) is 0.200. The second kappa shape index (κ2) is 4.20. The summed E-state index contributed by atoms with van der Waals surface area (Å²) in [5.74, 6) is -0.596. The van der Waals surface area contributed by atoms with Crippen molar-refractivity contribution in [1.29, 1.82) is 0 Å². The van der Waals surface area contributed by atoms with Gasteiger partial charge in [-0.1, -0.05) is 0 Å². The van der Waals surface area contributed by atoms with Crippen molar-refractivity contribution < 1.29 is 14.5 Å². The molecule has 0 spiro atoms. The van der Waals surface area contributed by atoms with E-state index in [-0.39, 0.29) is 30.3 Å². The van der Waals surface area contributed by atoms with Gasteiger partial charge in [-0.25, -0.2) is 0 Å². The molecule has 1 aliphatic rings. The third-order valence-corrected chi connectivity index (χ3v) is 2.37. The summed E-state index contributed by atoms with van der Waals surface area (Å²) in [5.41, 5.74) is 3.03. The number of hydrogen-bond donors (Lipinski definition) is 1. The number of imide groups is 1. The summed E-state index contributed by atoms with van der Waals surface area (Å²) in [6, 6.07) is 5.48. The second-order valence-corrected chi connectivity index (χ2v) is 3.54. The van der Waals surface area contributed by atoms with Crippen molar-refractivity contribution in [3.8, 4) is 0 Å². The molecule has 7 nitrogen and oxygen atoms in total. The molecule has 0 aromatic heterocycles. The summed E-state index contributed by atoms with van der Waals surface area (Å²) in [5, 5.41) is 11.4. The molecule has 1 heterocycles. The van der Waals surface area contributed by atoms with Gasteiger partial charge in [0.15, 0.2) is 0 Å². The van der Waals surface area contributed by atoms with Crippen LogP contribution in [-0.2, 0) is 9.59 Å². The highest BCUT2D eigenvalue weighted by Crippen LogP contribution is 2.18. The van der Waals surface area contributed by atoms with Gasteiger partial charge in [0.05, 0.1) is 10.6 Å². The Hall–Kier alpha value is -2.44. The number of nitro groups is 1. The molecule has 2 amide bonds. The van der Waals surface area contributed by atoms with Gasteiger partial charge in [-0.15, -0.1) is 0 Å². The average Bonchev–Trinajstić information content (AvgIpc) is 2.61. The average molecular weight is 235 g/mol. The van der Waals surface area contributed by atoms with E-state index >= 15 is 0 Å². The van der Waals surface area contributed by atoms with Gasteiger partial charge in [0.2, 0.25) is 11.8 Å². The number of anilines is 1. The minimum atomic E-state index is -0.518. The highest BCUT2D eigenvalue weighted by atomic mass is 16.6. The normalized spacial score (nSPS) is 15.2. The quantitative estimate of drug-likeness (QED) is 0.480. The zero-order valence-electron chi connectivity index (χ0n) is 8.75. The first-order valence-corrected chi connectivity index (χ1v) is 4.95. The maximum Gasteiger partial charge on any atom is 0.269 e. The largest absolute Gasteiger partial charge is 0.289 e. The van der Waals surface area contributed by atoms with E-state index < -0.39 is 4.92 Å². The number of nitrogens with zero attached hydrogens (tertiary/aromatic N) is 2. The Labute approximate surface area is 96.1 Å². The van der Waals surface area contributed by atoms with Gasteiger partial charge in [0, 0.05) is 25.0 Å². The van der Waals surface area contributed by atoms with Crippen LogP contribution in [0.25, 0.3) is 0 Å². The summed E-state index contributed by atoms with van der Waals surface area (Å²) in [7, 11) is 0. The molecule has 0 saturated carbocycles. The smallest absolute Gasteiger partial charge is 0.269 e. The summed E-state index contributed by atoms with van der Waals surface area (Å²) in [6.07, 6.45) is 0.387. The fourth-order valence-corrected chi connectivity index (χ4v) is 1.49. The SMILES string of the molecule is O=C1CCC(=O)N1Nc1ccc([N+](=O)[O-])cc1. The summed E-state index contributed by atoms with van der Waals surface area (Å²) in [6.45, 7) is 0. The van der Waals surface area contributed by atoms with Gasteiger partial charge >= 0.3 is 0 Å². The number of carbonyl (C=O) groups is 2. The third kappa shape index (κ3) is 2.22. The van der Waals surface area contributed by atoms with E-state index in [1.807, 2.05) is 0 Å². The van der Waals surface area contributed by atoms with Gasteiger partial charge in [-0.3, -0.25) is 25.1 Å². The lowest BCUT2D eigenvalue weighted by Gasteiger charge is -2.15. The summed E-state index contributed by atoms with van der Waals surface area (Å²) >= 11 is 0. The van der Waals surface area contributed by atoms with E-state index in [9.17, 15) is 19.7 Å². The van der Waals surface area contributed by atoms with Gasteiger partial charge in [0.1, 0.15) is 0 Å². The number of nitro benzene ring substituents is 1. The molecule has 0 radical (unpaired) electrons. The number of hydrazine groups is 1. The van der Waals surface area contributed by atoms with Gasteiger partial charge in [-0.2, -0.15) is 5.01 Å². The minimum absolute atomic E-state index is 0.0466. The molecule has 1 saturated heterocycles. The molecule has 1 N–H and O–H groups in total. The van der Waals surface area contributed by atoms with Crippen LogP contribution in [0.15, 0.2) is 24.3 Å². The van der Waals surface area contributed by atoms with Crippen LogP contribution in [0.5, 0.6) is 0 Å². The molecule has 7 heteroatoms. The lowest BCUT2D eigenvalue weighted by Crippen LogP contribution is -2.34. The van der Waals surface area contributed by atoms with Gasteiger partial charge < -0.3 is 0 Å². The molecule has 0 atom stereocenters. The summed E-state index contributed by atoms with van der Waals surface area (Å²) < 4.78 is 0. The van der Waals surface area contributed by atoms with Crippen LogP contribution in [0, 0.1) is 10.1 Å². The van der Waals surface area contributed by atoms with Crippen LogP contribution in [0.1, 0.15) is 12.8 Å². The van der Waals surface area contributed by atoms with Crippen LogP contribution in [0.2, 0.25) is 0 Å². The van der Waals surface area contributed by atoms with E-state index in [4.69, 9.17) is 0 Å². The van der Waals surface area contributed by atoms with Crippen LogP contribution >= 0.6 is 0 Å². The number of hydrogen-bond acceptors (Lipinski definition) is 5. The molecule has 0 aliphatic carbocycles. The molecule has 1 aliphatic heterocycles. The molecule has 0 unspecified atom stereocenters. The highest BCUT2D eigenvalue weighted by Gasteiger charge is 2.29. The minimum Gasteiger partial charge on any atom is -0.289 e. The molecule has 2 rings (SSSR count). The lowest BCUT2D eigenvalue weighted by atomic mass is 10.3. The lowest BCUT2D eigenvalue weighted by molar-refractivity contribution is -0.384. The number of nitrogens with one attached hydrogen (secondary N) is 1. The predicted octanol–water partition coefficient (Wildman–Crippen LogP) is 1.07. The number of amides is 2. The van der Waals surface area contributed by atoms with Crippen molar-refractivity contribution >= 4 is 23.2 Å². The van der Waals surface area contributed by atoms with Crippen molar-refractivity contribution in [3.63, 3.8) is 0 Å². The molecule has 1 aromatic carbocycles. The Bertz CT molecular complexity index is 467. The number of carbonyl (C=O) groups excluding carboxylic acids is 2. The van der Waals surface area contributed by atoms with Crippen LogP contribution < -0.4 is 5.43 Å². The predicted molar refractivity (Wildman–Crippen MR) is 57.8 cm³/mol. The maximum atomic E-state index is 11.3. The Balaban J connectivity index is 2.11. The monoisotopic (exact) mass is 235 g/mol. The Morgan fingerprint density at radius 3 is 2.12 bits per heavy atom. The van der Waals surface area contributed by atoms with Crippen LogP contribution in [0.4, 0.5) is 11.4 Å². The first-order valence-electron chi connectivity index (χ1n) is 4.95. The summed E-state index contributed by atoms with van der Waals surface area (Å²) in [4.78, 5) is 32.5. The first kappa shape index (κ1) is 11.1. The molecule has 17 heavy (non-hydrogen) atoms. The number of benzene rings is 1. The second-order valence-electron chi connectivity index (χ2n) is 3.54. The Morgan fingerprint density at radius 1 is 1.12 bits per heavy atom. The standard InChI is InChI=1S/C10H9N3O4/c14-9-5-6-10(15)12(9)11-7-1-3-8(4-2-7)13(16)17/h1-4,11H,5-6H2. The Morgan fingerprint density at radius 2 is 1.65 bits per heavy atom. The maximum absolute atomic E-state index is 11.3. The van der Waals surface area contributed by atoms with E-state index in [2.05, 4.69) is 5.43 Å². The Kier molecular flexibility index (Phi) is 2.73. The van der Waals surface area contributed by atoms with E-state index in [1.54, 1.807) is 0 Å². The highest BCUT2D eigenvalue weighted by molar-refractivity contribution is 6.02. The van der Waals surface area contributed by atoms with E-state index in [0.29, 0.717) is 5.69 Å². The van der Waals surface area contributed by atoms with Crippen molar-refractivity contribution in [3.05, 3.63) is 34.4 Å². The van der Waals surface area contributed by atoms with E-state index in [1.165, 1.54) is 24.3 Å². The van der Waals surface area contributed by atoms with Crippen molar-refractivity contribution in [2.45, 2.75) is 12.8 Å². The van der Waals surface area contributed by atoms with Crippen molar-refractivity contribution in [2.24, 2.45) is 0 Å². The van der Waals surface area contributed by atoms with E-state index in [0.717, 1.165) is 5.01 Å². The molecule has 1 aromatic rings. The molecular weight excluding hydrogens is 226 g/mol. The first-order chi connectivity index (χ1) is 8.08. The number of rotatable bonds is 3. The van der Waals surface area contributed by atoms with Crippen LogP contribution in [0.3, 0.4) is 0 Å². The molecule has 0 bridgehead atoms. The van der Waals surface area contributed by atoms with Gasteiger partial charge in [0.25, 0.3) is 5.69 Å². The van der Waals surface area contributed by atoms with Crippen LogP contribution in [-0.4, -0.2) is 21.7 Å². The molecule has 1 fully saturated rings. The van der Waals surface area contributed by atoms with Gasteiger partial charge in [-0.05, 0) is 12.1 Å². The third-order valence-electron chi connectivity index (χ3n) is 2.37. The topological polar surface area (TPSA) is 92.6 Å². The van der Waals surface area contributed by atoms with Crippen molar-refractivity contribution in [2.75, 3.05) is 5.43 Å². The molecular formula is C10H9N3O4. The fourth-order valence-electron chi connectivity index (χ4n) is 1.49. The zero-order valence-corrected chi connectivity index (χ0v) is 8.75. The zero-order chi connectivity index (χ0) is 12.4. The number of non-ortho nitro benzene ring substituents is 1.